The number of halogens is 2. The zero-order valence-electron chi connectivity index (χ0n) is 9.83. The topological polar surface area (TPSA) is 29.3 Å². The summed E-state index contributed by atoms with van der Waals surface area (Å²) in [6.45, 7) is 2.41. The van der Waals surface area contributed by atoms with Crippen molar-refractivity contribution >= 4 is 0 Å². The molecular weight excluding hydrogens is 222 g/mol. The average molecular weight is 240 g/mol. The lowest BCUT2D eigenvalue weighted by Crippen LogP contribution is -2.37. The van der Waals surface area contributed by atoms with Crippen molar-refractivity contribution in [1.29, 1.82) is 0 Å². The van der Waals surface area contributed by atoms with Crippen molar-refractivity contribution in [3.05, 3.63) is 35.4 Å². The summed E-state index contributed by atoms with van der Waals surface area (Å²) in [4.78, 5) is 2.26. The van der Waals surface area contributed by atoms with Crippen LogP contribution in [0.1, 0.15) is 30.9 Å². The van der Waals surface area contributed by atoms with E-state index in [1.54, 1.807) is 6.07 Å². The molecule has 1 atom stereocenters. The van der Waals surface area contributed by atoms with E-state index in [0.29, 0.717) is 6.54 Å². The molecule has 1 heterocycles. The maximum Gasteiger partial charge on any atom is 0.159 e. The van der Waals surface area contributed by atoms with E-state index in [0.717, 1.165) is 31.5 Å². The van der Waals surface area contributed by atoms with Gasteiger partial charge in [0.1, 0.15) is 0 Å². The number of benzene rings is 1. The fourth-order valence-electron chi connectivity index (χ4n) is 2.45. The Balaban J connectivity index is 2.18. The first-order valence-corrected chi connectivity index (χ1v) is 6.11. The minimum Gasteiger partial charge on any atom is -0.329 e. The van der Waals surface area contributed by atoms with E-state index in [9.17, 15) is 8.78 Å². The van der Waals surface area contributed by atoms with Gasteiger partial charge in [0.15, 0.2) is 11.6 Å². The second-order valence-electron chi connectivity index (χ2n) is 4.52. The van der Waals surface area contributed by atoms with Crippen molar-refractivity contribution in [3.8, 4) is 0 Å². The molecule has 1 saturated heterocycles. The number of piperidine rings is 1. The summed E-state index contributed by atoms with van der Waals surface area (Å²) in [6, 6.07) is 4.08. The Morgan fingerprint density at radius 1 is 1.12 bits per heavy atom. The Morgan fingerprint density at radius 2 is 1.82 bits per heavy atom. The van der Waals surface area contributed by atoms with Crippen molar-refractivity contribution in [2.75, 3.05) is 19.6 Å². The molecule has 4 heteroatoms. The maximum absolute atomic E-state index is 13.2. The molecule has 2 nitrogen and oxygen atoms in total. The summed E-state index contributed by atoms with van der Waals surface area (Å²) in [5.74, 6) is -1.60. The normalized spacial score (nSPS) is 19.2. The van der Waals surface area contributed by atoms with Crippen molar-refractivity contribution < 1.29 is 8.78 Å². The molecule has 17 heavy (non-hydrogen) atoms. The Hall–Kier alpha value is -1.00. The molecule has 0 aliphatic carbocycles. The van der Waals surface area contributed by atoms with Gasteiger partial charge in [0.05, 0.1) is 0 Å². The molecule has 1 aliphatic rings. The van der Waals surface area contributed by atoms with E-state index in [2.05, 4.69) is 4.90 Å². The fraction of sp³-hybridized carbons (Fsp3) is 0.538. The lowest BCUT2D eigenvalue weighted by molar-refractivity contribution is 0.167. The molecule has 0 saturated carbocycles. The zero-order valence-corrected chi connectivity index (χ0v) is 9.83. The quantitative estimate of drug-likeness (QED) is 0.879. The van der Waals surface area contributed by atoms with Crippen LogP contribution < -0.4 is 5.73 Å². The predicted octanol–water partition coefficient (Wildman–Crippen LogP) is 2.45. The highest BCUT2D eigenvalue weighted by Gasteiger charge is 2.21. The Morgan fingerprint density at radius 3 is 2.41 bits per heavy atom. The molecule has 1 aromatic rings. The second-order valence-corrected chi connectivity index (χ2v) is 4.52. The third-order valence-corrected chi connectivity index (χ3v) is 3.38. The molecule has 0 bridgehead atoms. The van der Waals surface area contributed by atoms with Crippen LogP contribution >= 0.6 is 0 Å². The van der Waals surface area contributed by atoms with Crippen LogP contribution in [-0.4, -0.2) is 24.5 Å². The molecule has 0 amide bonds. The minimum atomic E-state index is -0.803. The third kappa shape index (κ3) is 2.82. The summed E-state index contributed by atoms with van der Waals surface area (Å²) in [5.41, 5.74) is 6.54. The van der Waals surface area contributed by atoms with Crippen LogP contribution in [0.3, 0.4) is 0 Å². The van der Waals surface area contributed by atoms with Crippen LogP contribution in [0.2, 0.25) is 0 Å². The van der Waals surface area contributed by atoms with Gasteiger partial charge in [0.25, 0.3) is 0 Å². The molecule has 0 radical (unpaired) electrons. The van der Waals surface area contributed by atoms with Gasteiger partial charge in [-0.1, -0.05) is 12.5 Å². The first-order valence-electron chi connectivity index (χ1n) is 6.11. The molecule has 0 aromatic heterocycles. The SMILES string of the molecule is NC[C@@H](c1ccc(F)c(F)c1)N1CCCCC1. The number of likely N-dealkylation sites (tertiary alicyclic amines) is 1. The largest absolute Gasteiger partial charge is 0.329 e. The van der Waals surface area contributed by atoms with E-state index in [1.165, 1.54) is 18.6 Å². The van der Waals surface area contributed by atoms with Crippen molar-refractivity contribution in [2.24, 2.45) is 5.73 Å². The smallest absolute Gasteiger partial charge is 0.159 e. The van der Waals surface area contributed by atoms with Gasteiger partial charge in [-0.2, -0.15) is 0 Å². The molecule has 1 aliphatic heterocycles. The van der Waals surface area contributed by atoms with Gasteiger partial charge in [-0.25, -0.2) is 8.78 Å². The molecular formula is C13H18F2N2. The molecule has 0 spiro atoms. The second kappa shape index (κ2) is 5.56. The number of rotatable bonds is 3. The van der Waals surface area contributed by atoms with Crippen LogP contribution in [0, 0.1) is 11.6 Å². The van der Waals surface area contributed by atoms with Gasteiger partial charge in [0, 0.05) is 12.6 Å². The molecule has 94 valence electrons. The zero-order chi connectivity index (χ0) is 12.3. The third-order valence-electron chi connectivity index (χ3n) is 3.38. The van der Waals surface area contributed by atoms with Gasteiger partial charge in [-0.15, -0.1) is 0 Å². The van der Waals surface area contributed by atoms with E-state index >= 15 is 0 Å². The van der Waals surface area contributed by atoms with Gasteiger partial charge in [0.2, 0.25) is 0 Å². The highest BCUT2D eigenvalue weighted by Crippen LogP contribution is 2.24. The van der Waals surface area contributed by atoms with Crippen LogP contribution in [0.5, 0.6) is 0 Å². The van der Waals surface area contributed by atoms with E-state index in [1.807, 2.05) is 0 Å². The van der Waals surface area contributed by atoms with Crippen LogP contribution in [0.25, 0.3) is 0 Å². The highest BCUT2D eigenvalue weighted by molar-refractivity contribution is 5.22. The first kappa shape index (κ1) is 12.5. The standard InChI is InChI=1S/C13H18F2N2/c14-11-5-4-10(8-12(11)15)13(9-16)17-6-2-1-3-7-17/h4-5,8,13H,1-3,6-7,9,16H2/t13-/m0/s1. The summed E-state index contributed by atoms with van der Waals surface area (Å²) >= 11 is 0. The van der Waals surface area contributed by atoms with Gasteiger partial charge < -0.3 is 5.73 Å². The molecule has 0 unspecified atom stereocenters. The predicted molar refractivity (Wildman–Crippen MR) is 63.6 cm³/mol. The first-order chi connectivity index (χ1) is 8.22. The number of nitrogens with two attached hydrogens (primary N) is 1. The minimum absolute atomic E-state index is 0.00500. The van der Waals surface area contributed by atoms with E-state index in [-0.39, 0.29) is 6.04 Å². The number of nitrogens with zero attached hydrogens (tertiary/aromatic N) is 1. The van der Waals surface area contributed by atoms with Crippen molar-refractivity contribution in [3.63, 3.8) is 0 Å². The summed E-state index contributed by atoms with van der Waals surface area (Å²) in [7, 11) is 0. The lowest BCUT2D eigenvalue weighted by atomic mass is 10.0. The van der Waals surface area contributed by atoms with E-state index in [4.69, 9.17) is 5.73 Å². The molecule has 2 N–H and O–H groups in total. The maximum atomic E-state index is 13.2. The Bertz CT molecular complexity index is 376. The van der Waals surface area contributed by atoms with Gasteiger partial charge in [-0.3, -0.25) is 4.90 Å². The van der Waals surface area contributed by atoms with Crippen molar-refractivity contribution in [1.82, 2.24) is 4.90 Å². The summed E-state index contributed by atoms with van der Waals surface area (Å²) in [6.07, 6.45) is 3.55. The highest BCUT2D eigenvalue weighted by atomic mass is 19.2. The summed E-state index contributed by atoms with van der Waals surface area (Å²) in [5, 5.41) is 0. The van der Waals surface area contributed by atoms with Gasteiger partial charge in [-0.05, 0) is 43.6 Å². The lowest BCUT2D eigenvalue weighted by Gasteiger charge is -2.34. The van der Waals surface area contributed by atoms with Crippen molar-refractivity contribution in [2.45, 2.75) is 25.3 Å². The Kier molecular flexibility index (Phi) is 4.07. The van der Waals surface area contributed by atoms with Gasteiger partial charge >= 0.3 is 0 Å². The van der Waals surface area contributed by atoms with E-state index < -0.39 is 11.6 Å². The Labute approximate surface area is 100 Å². The molecule has 2 rings (SSSR count). The molecule has 1 aromatic carbocycles. The van der Waals surface area contributed by atoms with Crippen LogP contribution in [0.4, 0.5) is 8.78 Å². The fourth-order valence-corrected chi connectivity index (χ4v) is 2.45. The number of hydrogen-bond acceptors (Lipinski definition) is 2. The summed E-state index contributed by atoms with van der Waals surface area (Å²) < 4.78 is 26.1. The number of hydrogen-bond donors (Lipinski definition) is 1. The van der Waals surface area contributed by atoms with Crippen LogP contribution in [-0.2, 0) is 0 Å². The average Bonchev–Trinajstić information content (AvgIpc) is 2.36. The monoisotopic (exact) mass is 240 g/mol. The molecule has 1 fully saturated rings. The van der Waals surface area contributed by atoms with Crippen LogP contribution in [0.15, 0.2) is 18.2 Å².